The van der Waals surface area contributed by atoms with Crippen molar-refractivity contribution in [1.82, 2.24) is 25.0 Å². The minimum atomic E-state index is -0.0976. The predicted octanol–water partition coefficient (Wildman–Crippen LogP) is 2.65. The number of hydrogen-bond donors (Lipinski definition) is 1. The topological polar surface area (TPSA) is 63.1 Å². The molecular weight excluding hydrogens is 298 g/mol. The lowest BCUT2D eigenvalue weighted by atomic mass is 10.2. The molecule has 0 fully saturated rings. The van der Waals surface area contributed by atoms with E-state index in [0.29, 0.717) is 6.54 Å². The van der Waals surface area contributed by atoms with Crippen molar-refractivity contribution in [3.63, 3.8) is 0 Å². The Morgan fingerprint density at radius 3 is 2.82 bits per heavy atom. The summed E-state index contributed by atoms with van der Waals surface area (Å²) in [5.41, 5.74) is 1.98. The summed E-state index contributed by atoms with van der Waals surface area (Å²) in [7, 11) is 3.68. The molecule has 0 saturated heterocycles. The SMILES string of the molecule is CCc1nc(C)c([C@H](C)N(C)C(=O)NCc2ccnn2C)s1. The van der Waals surface area contributed by atoms with Gasteiger partial charge in [0.15, 0.2) is 0 Å². The number of urea groups is 1. The van der Waals surface area contributed by atoms with Crippen LogP contribution >= 0.6 is 11.3 Å². The maximum Gasteiger partial charge on any atom is 0.317 e. The molecule has 2 aromatic heterocycles. The molecule has 2 amide bonds. The van der Waals surface area contributed by atoms with Crippen LogP contribution < -0.4 is 5.32 Å². The molecule has 2 heterocycles. The zero-order valence-electron chi connectivity index (χ0n) is 13.8. The van der Waals surface area contributed by atoms with E-state index < -0.39 is 0 Å². The summed E-state index contributed by atoms with van der Waals surface area (Å²) in [6, 6.07) is 1.80. The van der Waals surface area contributed by atoms with Gasteiger partial charge in [-0.2, -0.15) is 5.10 Å². The predicted molar refractivity (Wildman–Crippen MR) is 87.9 cm³/mol. The molecule has 0 bridgehead atoms. The highest BCUT2D eigenvalue weighted by Crippen LogP contribution is 2.28. The number of amides is 2. The van der Waals surface area contributed by atoms with Crippen LogP contribution in [-0.4, -0.2) is 32.7 Å². The molecule has 0 radical (unpaired) electrons. The first-order valence-corrected chi connectivity index (χ1v) is 8.19. The van der Waals surface area contributed by atoms with Gasteiger partial charge in [0.2, 0.25) is 0 Å². The molecule has 1 N–H and O–H groups in total. The summed E-state index contributed by atoms with van der Waals surface area (Å²) in [4.78, 5) is 19.7. The maximum atomic E-state index is 12.3. The largest absolute Gasteiger partial charge is 0.332 e. The third-order valence-corrected chi connectivity index (χ3v) is 5.28. The van der Waals surface area contributed by atoms with E-state index in [1.165, 1.54) is 0 Å². The summed E-state index contributed by atoms with van der Waals surface area (Å²) in [6.45, 7) is 6.60. The van der Waals surface area contributed by atoms with Crippen LogP contribution in [-0.2, 0) is 20.0 Å². The van der Waals surface area contributed by atoms with Crippen molar-refractivity contribution in [3.05, 3.63) is 33.5 Å². The smallest absolute Gasteiger partial charge is 0.317 e. The number of aromatic nitrogens is 3. The van der Waals surface area contributed by atoms with E-state index in [1.807, 2.05) is 34.0 Å². The van der Waals surface area contributed by atoms with Crippen LogP contribution in [0.2, 0.25) is 0 Å². The number of thiazole rings is 1. The molecule has 0 saturated carbocycles. The highest BCUT2D eigenvalue weighted by molar-refractivity contribution is 7.11. The lowest BCUT2D eigenvalue weighted by molar-refractivity contribution is 0.194. The van der Waals surface area contributed by atoms with E-state index in [2.05, 4.69) is 22.3 Å². The van der Waals surface area contributed by atoms with Gasteiger partial charge in [0, 0.05) is 25.2 Å². The number of carbonyl (C=O) groups excluding carboxylic acids is 1. The Labute approximate surface area is 135 Å². The van der Waals surface area contributed by atoms with Crippen molar-refractivity contribution in [2.75, 3.05) is 7.05 Å². The monoisotopic (exact) mass is 321 g/mol. The van der Waals surface area contributed by atoms with E-state index in [4.69, 9.17) is 0 Å². The molecule has 0 aliphatic carbocycles. The van der Waals surface area contributed by atoms with E-state index in [-0.39, 0.29) is 12.1 Å². The van der Waals surface area contributed by atoms with Crippen molar-refractivity contribution in [3.8, 4) is 0 Å². The summed E-state index contributed by atoms with van der Waals surface area (Å²) in [5, 5.41) is 8.13. The standard InChI is InChI=1S/C15H23N5OS/c1-6-13-18-10(2)14(22-13)11(3)19(4)15(21)16-9-12-7-8-17-20(12)5/h7-8,11H,6,9H2,1-5H3,(H,16,21)/t11-/m0/s1. The fourth-order valence-corrected chi connectivity index (χ4v) is 3.32. The molecule has 0 spiro atoms. The molecule has 0 aliphatic rings. The normalized spacial score (nSPS) is 12.2. The van der Waals surface area contributed by atoms with Gasteiger partial charge in [-0.15, -0.1) is 11.3 Å². The Bertz CT molecular complexity index is 648. The van der Waals surface area contributed by atoms with Gasteiger partial charge in [0.1, 0.15) is 0 Å². The Kier molecular flexibility index (Phi) is 5.18. The van der Waals surface area contributed by atoms with Crippen LogP contribution in [0.1, 0.15) is 41.2 Å². The second kappa shape index (κ2) is 6.91. The Hall–Kier alpha value is -1.89. The summed E-state index contributed by atoms with van der Waals surface area (Å²) < 4.78 is 1.75. The first-order chi connectivity index (χ1) is 10.4. The van der Waals surface area contributed by atoms with Gasteiger partial charge >= 0.3 is 6.03 Å². The minimum Gasteiger partial charge on any atom is -0.332 e. The molecule has 2 rings (SSSR count). The molecule has 120 valence electrons. The third-order valence-electron chi connectivity index (χ3n) is 3.80. The first-order valence-electron chi connectivity index (χ1n) is 7.37. The summed E-state index contributed by atoms with van der Waals surface area (Å²) >= 11 is 1.68. The third kappa shape index (κ3) is 3.47. The van der Waals surface area contributed by atoms with Gasteiger partial charge in [0.05, 0.1) is 29.0 Å². The van der Waals surface area contributed by atoms with E-state index in [0.717, 1.165) is 27.7 Å². The second-order valence-electron chi connectivity index (χ2n) is 5.30. The van der Waals surface area contributed by atoms with E-state index in [1.54, 1.807) is 27.1 Å². The quantitative estimate of drug-likeness (QED) is 0.921. The zero-order chi connectivity index (χ0) is 16.3. The molecule has 0 aliphatic heterocycles. The van der Waals surface area contributed by atoms with Crippen molar-refractivity contribution in [2.45, 2.75) is 39.8 Å². The molecule has 1 atom stereocenters. The van der Waals surface area contributed by atoms with Crippen molar-refractivity contribution < 1.29 is 4.79 Å². The van der Waals surface area contributed by atoms with E-state index in [9.17, 15) is 4.79 Å². The van der Waals surface area contributed by atoms with Crippen LogP contribution in [0.15, 0.2) is 12.3 Å². The lowest BCUT2D eigenvalue weighted by Crippen LogP contribution is -2.38. The lowest BCUT2D eigenvalue weighted by Gasteiger charge is -2.24. The van der Waals surface area contributed by atoms with Gasteiger partial charge in [-0.3, -0.25) is 4.68 Å². The summed E-state index contributed by atoms with van der Waals surface area (Å²) in [5.74, 6) is 0. The van der Waals surface area contributed by atoms with Crippen molar-refractivity contribution >= 4 is 17.4 Å². The molecule has 0 aromatic carbocycles. The van der Waals surface area contributed by atoms with Gasteiger partial charge in [-0.25, -0.2) is 9.78 Å². The molecule has 7 heteroatoms. The van der Waals surface area contributed by atoms with Crippen molar-refractivity contribution in [2.24, 2.45) is 7.05 Å². The van der Waals surface area contributed by atoms with Crippen LogP contribution in [0.25, 0.3) is 0 Å². The molecular formula is C15H23N5OS. The summed E-state index contributed by atoms with van der Waals surface area (Å²) in [6.07, 6.45) is 2.65. The van der Waals surface area contributed by atoms with Crippen LogP contribution in [0.4, 0.5) is 4.79 Å². The number of nitrogens with one attached hydrogen (secondary N) is 1. The maximum absolute atomic E-state index is 12.3. The van der Waals surface area contributed by atoms with Gasteiger partial charge < -0.3 is 10.2 Å². The van der Waals surface area contributed by atoms with Gasteiger partial charge in [-0.1, -0.05) is 6.92 Å². The highest BCUT2D eigenvalue weighted by Gasteiger charge is 2.21. The minimum absolute atomic E-state index is 0.00402. The zero-order valence-corrected chi connectivity index (χ0v) is 14.6. The molecule has 6 nitrogen and oxygen atoms in total. The highest BCUT2D eigenvalue weighted by atomic mass is 32.1. The van der Waals surface area contributed by atoms with Gasteiger partial charge in [0.25, 0.3) is 0 Å². The van der Waals surface area contributed by atoms with Crippen LogP contribution in [0.5, 0.6) is 0 Å². The number of carbonyl (C=O) groups is 1. The van der Waals surface area contributed by atoms with E-state index >= 15 is 0 Å². The van der Waals surface area contributed by atoms with Gasteiger partial charge in [-0.05, 0) is 26.3 Å². The molecule has 0 unspecified atom stereocenters. The Morgan fingerprint density at radius 1 is 1.55 bits per heavy atom. The van der Waals surface area contributed by atoms with Crippen molar-refractivity contribution in [1.29, 1.82) is 0 Å². The fraction of sp³-hybridized carbons (Fsp3) is 0.533. The first kappa shape index (κ1) is 16.5. The second-order valence-corrected chi connectivity index (χ2v) is 6.42. The van der Waals surface area contributed by atoms with Crippen LogP contribution in [0.3, 0.4) is 0 Å². The number of hydrogen-bond acceptors (Lipinski definition) is 4. The number of rotatable bonds is 5. The molecule has 22 heavy (non-hydrogen) atoms. The van der Waals surface area contributed by atoms with Crippen LogP contribution in [0, 0.1) is 6.92 Å². The average molecular weight is 321 g/mol. The number of nitrogens with zero attached hydrogens (tertiary/aromatic N) is 4. The Balaban J connectivity index is 2.00. The fourth-order valence-electron chi connectivity index (χ4n) is 2.22. The number of aryl methyl sites for hydroxylation is 3. The molecule has 2 aromatic rings. The average Bonchev–Trinajstić information content (AvgIpc) is 3.08. The Morgan fingerprint density at radius 2 is 2.27 bits per heavy atom.